The fraction of sp³-hybridized carbons (Fsp3) is 0.348. The van der Waals surface area contributed by atoms with Crippen LogP contribution >= 0.6 is 0 Å². The van der Waals surface area contributed by atoms with Crippen molar-refractivity contribution in [1.29, 1.82) is 0 Å². The van der Waals surface area contributed by atoms with Gasteiger partial charge in [0.1, 0.15) is 6.10 Å². The van der Waals surface area contributed by atoms with Crippen molar-refractivity contribution in [3.63, 3.8) is 0 Å². The zero-order valence-corrected chi connectivity index (χ0v) is 18.1. The second-order valence-electron chi connectivity index (χ2n) is 8.11. The number of carbonyl (C=O) groups excluding carboxylic acids is 3. The molecule has 2 aliphatic heterocycles. The molecule has 166 valence electrons. The Morgan fingerprint density at radius 3 is 2.19 bits per heavy atom. The molecule has 9 heteroatoms. The summed E-state index contributed by atoms with van der Waals surface area (Å²) in [4.78, 5) is 40.2. The lowest BCUT2D eigenvalue weighted by atomic mass is 9.84. The number of nitrogens with zero attached hydrogens (tertiary/aromatic N) is 2. The molecule has 0 spiro atoms. The number of benzene rings is 2. The van der Waals surface area contributed by atoms with Crippen molar-refractivity contribution in [2.45, 2.75) is 23.8 Å². The number of hydrogen-bond acceptors (Lipinski definition) is 6. The van der Waals surface area contributed by atoms with E-state index in [1.54, 1.807) is 23.1 Å². The first-order valence-electron chi connectivity index (χ1n) is 10.6. The van der Waals surface area contributed by atoms with Crippen LogP contribution in [0.5, 0.6) is 0 Å². The van der Waals surface area contributed by atoms with E-state index >= 15 is 0 Å². The predicted octanol–water partition coefficient (Wildman–Crippen LogP) is 1.47. The van der Waals surface area contributed by atoms with E-state index in [-0.39, 0.29) is 65.0 Å². The van der Waals surface area contributed by atoms with Gasteiger partial charge in [-0.25, -0.2) is 8.42 Å². The Morgan fingerprint density at radius 1 is 0.875 bits per heavy atom. The minimum Gasteiger partial charge on any atom is -0.368 e. The normalized spacial score (nSPS) is 21.4. The van der Waals surface area contributed by atoms with Crippen molar-refractivity contribution < 1.29 is 27.5 Å². The SMILES string of the molecule is O=C1c2ccccc2C(=O)c2c1cccc2S(=O)(=O)N1CCN(C(=O)C2CCCO2)CC1. The van der Waals surface area contributed by atoms with Gasteiger partial charge in [-0.1, -0.05) is 36.4 Å². The van der Waals surface area contributed by atoms with Crippen LogP contribution < -0.4 is 0 Å². The van der Waals surface area contributed by atoms with Crippen molar-refractivity contribution in [2.75, 3.05) is 32.8 Å². The number of fused-ring (bicyclic) bond motifs is 2. The average molecular weight is 455 g/mol. The third-order valence-electron chi connectivity index (χ3n) is 6.29. The van der Waals surface area contributed by atoms with Gasteiger partial charge in [-0.2, -0.15) is 4.31 Å². The molecular weight excluding hydrogens is 432 g/mol. The minimum absolute atomic E-state index is 0.0749. The molecule has 1 atom stereocenters. The van der Waals surface area contributed by atoms with Gasteiger partial charge in [-0.3, -0.25) is 14.4 Å². The number of amides is 1. The summed E-state index contributed by atoms with van der Waals surface area (Å²) in [5.74, 6) is -0.935. The van der Waals surface area contributed by atoms with Crippen LogP contribution in [0.2, 0.25) is 0 Å². The summed E-state index contributed by atoms with van der Waals surface area (Å²) >= 11 is 0. The molecule has 1 unspecified atom stereocenters. The molecule has 2 aromatic rings. The minimum atomic E-state index is -4.04. The van der Waals surface area contributed by atoms with Gasteiger partial charge in [0.05, 0.1) is 10.5 Å². The standard InChI is InChI=1S/C23H22N2O6S/c26-21-15-5-1-2-6-16(15)22(27)20-17(21)7-3-9-19(20)32(29,30)25-12-10-24(11-13-25)23(28)18-8-4-14-31-18/h1-3,5-7,9,18H,4,8,10-14H2. The zero-order valence-electron chi connectivity index (χ0n) is 17.3. The average Bonchev–Trinajstić information content (AvgIpc) is 3.37. The van der Waals surface area contributed by atoms with Crippen LogP contribution in [-0.2, 0) is 19.6 Å². The summed E-state index contributed by atoms with van der Waals surface area (Å²) < 4.78 is 33.7. The molecule has 1 aliphatic carbocycles. The predicted molar refractivity (Wildman–Crippen MR) is 114 cm³/mol. The van der Waals surface area contributed by atoms with E-state index in [1.165, 1.54) is 28.6 Å². The van der Waals surface area contributed by atoms with Gasteiger partial charge in [0.15, 0.2) is 11.6 Å². The zero-order chi connectivity index (χ0) is 22.5. The summed E-state index contributed by atoms with van der Waals surface area (Å²) in [7, 11) is -4.04. The molecule has 3 aliphatic rings. The lowest BCUT2D eigenvalue weighted by Crippen LogP contribution is -2.52. The Bertz CT molecular complexity index is 1220. The topological polar surface area (TPSA) is 101 Å². The van der Waals surface area contributed by atoms with Gasteiger partial charge >= 0.3 is 0 Å². The van der Waals surface area contributed by atoms with Crippen LogP contribution in [0.15, 0.2) is 47.4 Å². The molecule has 0 N–H and O–H groups in total. The summed E-state index contributed by atoms with van der Waals surface area (Å²) in [5.41, 5.74) is 0.511. The molecule has 0 aromatic heterocycles. The molecule has 5 rings (SSSR count). The van der Waals surface area contributed by atoms with Gasteiger partial charge < -0.3 is 9.64 Å². The van der Waals surface area contributed by atoms with E-state index in [9.17, 15) is 22.8 Å². The number of ether oxygens (including phenoxy) is 1. The largest absolute Gasteiger partial charge is 0.368 e. The number of rotatable bonds is 3. The highest BCUT2D eigenvalue weighted by atomic mass is 32.2. The molecule has 0 bridgehead atoms. The van der Waals surface area contributed by atoms with E-state index in [0.29, 0.717) is 13.0 Å². The van der Waals surface area contributed by atoms with Crippen LogP contribution in [-0.4, -0.2) is 74.0 Å². The van der Waals surface area contributed by atoms with Crippen molar-refractivity contribution in [1.82, 2.24) is 9.21 Å². The van der Waals surface area contributed by atoms with Crippen LogP contribution in [0.3, 0.4) is 0 Å². The Balaban J connectivity index is 1.43. The summed E-state index contributed by atoms with van der Waals surface area (Å²) in [6.45, 7) is 1.30. The molecule has 0 saturated carbocycles. The van der Waals surface area contributed by atoms with Crippen molar-refractivity contribution >= 4 is 27.5 Å². The number of ketones is 2. The summed E-state index contributed by atoms with van der Waals surface area (Å²) in [5, 5.41) is 0. The fourth-order valence-corrected chi connectivity index (χ4v) is 6.23. The van der Waals surface area contributed by atoms with Gasteiger partial charge in [0.25, 0.3) is 5.91 Å². The number of piperazine rings is 1. The highest BCUT2D eigenvalue weighted by Gasteiger charge is 2.39. The maximum Gasteiger partial charge on any atom is 0.251 e. The summed E-state index contributed by atoms with van der Waals surface area (Å²) in [6, 6.07) is 10.8. The maximum absolute atomic E-state index is 13.5. The van der Waals surface area contributed by atoms with Crippen LogP contribution in [0.25, 0.3) is 0 Å². The number of carbonyl (C=O) groups is 3. The van der Waals surface area contributed by atoms with Crippen molar-refractivity contribution in [3.8, 4) is 0 Å². The van der Waals surface area contributed by atoms with E-state index in [1.807, 2.05) is 0 Å². The first-order valence-corrected chi connectivity index (χ1v) is 12.1. The van der Waals surface area contributed by atoms with Crippen LogP contribution in [0, 0.1) is 0 Å². The molecule has 2 saturated heterocycles. The molecule has 2 fully saturated rings. The molecule has 1 amide bonds. The highest BCUT2D eigenvalue weighted by Crippen LogP contribution is 2.33. The fourth-order valence-electron chi connectivity index (χ4n) is 4.59. The lowest BCUT2D eigenvalue weighted by molar-refractivity contribution is -0.142. The third-order valence-corrected chi connectivity index (χ3v) is 8.23. The van der Waals surface area contributed by atoms with Gasteiger partial charge in [0, 0.05) is 49.5 Å². The van der Waals surface area contributed by atoms with Gasteiger partial charge in [-0.15, -0.1) is 0 Å². The first kappa shape index (κ1) is 21.0. The lowest BCUT2D eigenvalue weighted by Gasteiger charge is -2.35. The third kappa shape index (κ3) is 3.28. The monoisotopic (exact) mass is 454 g/mol. The van der Waals surface area contributed by atoms with Crippen LogP contribution in [0.4, 0.5) is 0 Å². The Morgan fingerprint density at radius 2 is 1.53 bits per heavy atom. The van der Waals surface area contributed by atoms with E-state index in [4.69, 9.17) is 4.74 Å². The smallest absolute Gasteiger partial charge is 0.251 e. The van der Waals surface area contributed by atoms with E-state index in [2.05, 4.69) is 0 Å². The van der Waals surface area contributed by atoms with Crippen LogP contribution in [0.1, 0.15) is 44.7 Å². The van der Waals surface area contributed by atoms with Gasteiger partial charge in [0.2, 0.25) is 10.0 Å². The van der Waals surface area contributed by atoms with E-state index < -0.39 is 21.9 Å². The molecular formula is C23H22N2O6S. The Labute approximate surface area is 185 Å². The van der Waals surface area contributed by atoms with Crippen molar-refractivity contribution in [2.24, 2.45) is 0 Å². The van der Waals surface area contributed by atoms with E-state index in [0.717, 1.165) is 6.42 Å². The Kier molecular flexibility index (Phi) is 5.19. The molecule has 0 radical (unpaired) electrons. The van der Waals surface area contributed by atoms with Gasteiger partial charge in [-0.05, 0) is 18.9 Å². The molecule has 8 nitrogen and oxygen atoms in total. The quantitative estimate of drug-likeness (QED) is 0.594. The first-order chi connectivity index (χ1) is 15.4. The highest BCUT2D eigenvalue weighted by molar-refractivity contribution is 7.89. The second kappa shape index (κ2) is 7.91. The molecule has 2 heterocycles. The molecule has 32 heavy (non-hydrogen) atoms. The number of hydrogen-bond donors (Lipinski definition) is 0. The molecule has 2 aromatic carbocycles. The Hall–Kier alpha value is -2.88. The maximum atomic E-state index is 13.5. The number of sulfonamides is 1. The van der Waals surface area contributed by atoms with Crippen molar-refractivity contribution in [3.05, 3.63) is 64.7 Å². The summed E-state index contributed by atoms with van der Waals surface area (Å²) in [6.07, 6.45) is 1.09. The second-order valence-corrected chi connectivity index (χ2v) is 10.0.